The Morgan fingerprint density at radius 1 is 1.42 bits per heavy atom. The smallest absolute Gasteiger partial charge is 0.244 e. The molecule has 2 atom stereocenters. The summed E-state index contributed by atoms with van der Waals surface area (Å²) in [6.07, 6.45) is 0. The van der Waals surface area contributed by atoms with E-state index in [0.29, 0.717) is 11.6 Å². The molecule has 2 N–H and O–H groups in total. The van der Waals surface area contributed by atoms with E-state index >= 15 is 0 Å². The number of rotatable bonds is 3. The Kier molecular flexibility index (Phi) is 4.26. The van der Waals surface area contributed by atoms with E-state index in [0.717, 1.165) is 26.2 Å². The molecule has 26 heavy (non-hydrogen) atoms. The van der Waals surface area contributed by atoms with Crippen LogP contribution in [0, 0.1) is 22.7 Å². The zero-order valence-electron chi connectivity index (χ0n) is 13.6. The molecule has 6 nitrogen and oxygen atoms in total. The van der Waals surface area contributed by atoms with Crippen molar-refractivity contribution in [3.05, 3.63) is 51.3 Å². The molecule has 1 aliphatic heterocycles. The molecule has 1 aliphatic rings. The molecule has 2 aromatic heterocycles. The number of nitriles is 1. The Labute approximate surface area is 162 Å². The summed E-state index contributed by atoms with van der Waals surface area (Å²) in [6.45, 7) is 0. The van der Waals surface area contributed by atoms with Gasteiger partial charge in [-0.1, -0.05) is 12.1 Å². The predicted octanol–water partition coefficient (Wildman–Crippen LogP) is 4.55. The van der Waals surface area contributed by atoms with E-state index in [1.807, 2.05) is 35.7 Å². The molecule has 130 valence electrons. The highest BCUT2D eigenvalue weighted by Gasteiger charge is 2.41. The molecular formula is C18H13BrN4O2S. The van der Waals surface area contributed by atoms with Crippen molar-refractivity contribution >= 4 is 33.2 Å². The van der Waals surface area contributed by atoms with Gasteiger partial charge in [0.25, 0.3) is 0 Å². The van der Waals surface area contributed by atoms with Crippen LogP contribution in [0.3, 0.4) is 0 Å². The summed E-state index contributed by atoms with van der Waals surface area (Å²) in [6, 6.07) is 11.8. The number of aromatic amines is 1. The molecule has 0 spiro atoms. The number of ether oxygens (including phenoxy) is 2. The van der Waals surface area contributed by atoms with Crippen LogP contribution in [0.15, 0.2) is 40.2 Å². The van der Waals surface area contributed by atoms with Crippen LogP contribution in [0.5, 0.6) is 11.6 Å². The lowest BCUT2D eigenvalue weighted by Gasteiger charge is -2.28. The van der Waals surface area contributed by atoms with E-state index in [1.54, 1.807) is 18.4 Å². The fourth-order valence-corrected chi connectivity index (χ4v) is 4.46. The number of nitrogens with one attached hydrogen (secondary N) is 2. The Morgan fingerprint density at radius 2 is 2.27 bits per heavy atom. The minimum Gasteiger partial charge on any atom is -0.496 e. The quantitative estimate of drug-likeness (QED) is 0.639. The molecular weight excluding hydrogens is 416 g/mol. The molecule has 8 heteroatoms. The number of fused-ring (bicyclic) bond motifs is 1. The van der Waals surface area contributed by atoms with Gasteiger partial charge in [-0.2, -0.15) is 5.26 Å². The maximum absolute atomic E-state index is 9.71. The summed E-state index contributed by atoms with van der Waals surface area (Å²) in [5.41, 5.74) is 2.50. The maximum Gasteiger partial charge on any atom is 0.244 e. The second-order valence-electron chi connectivity index (χ2n) is 5.74. The molecule has 1 aromatic carbocycles. The summed E-state index contributed by atoms with van der Waals surface area (Å²) >= 11 is 5.08. The first-order chi connectivity index (χ1) is 12.6. The highest BCUT2D eigenvalue weighted by Crippen LogP contribution is 2.47. The van der Waals surface area contributed by atoms with E-state index in [2.05, 4.69) is 32.2 Å². The standard InChI is InChI=1S/C18H13BrN4O2S/c1-24-12-5-4-9(7-11(12)19)14-10(8-20)17(21)25-18-15(14)16(22-23-18)13-3-2-6-26-13/h2-7,10,14,21H,1H3,(H,22,23). The normalized spacial score (nSPS) is 18.7. The van der Waals surface area contributed by atoms with Crippen LogP contribution in [-0.4, -0.2) is 23.2 Å². The van der Waals surface area contributed by atoms with Crippen LogP contribution < -0.4 is 9.47 Å². The molecule has 0 aliphatic carbocycles. The summed E-state index contributed by atoms with van der Waals surface area (Å²) in [7, 11) is 1.60. The Hall–Kier alpha value is -2.63. The minimum atomic E-state index is -0.737. The third-order valence-corrected chi connectivity index (χ3v) is 5.85. The summed E-state index contributed by atoms with van der Waals surface area (Å²) in [5, 5.41) is 27.1. The summed E-state index contributed by atoms with van der Waals surface area (Å²) in [4.78, 5) is 1.00. The topological polar surface area (TPSA) is 94.8 Å². The average molecular weight is 429 g/mol. The predicted molar refractivity (Wildman–Crippen MR) is 102 cm³/mol. The van der Waals surface area contributed by atoms with Crippen LogP contribution in [0.1, 0.15) is 17.0 Å². The Morgan fingerprint density at radius 3 is 2.92 bits per heavy atom. The largest absolute Gasteiger partial charge is 0.496 e. The van der Waals surface area contributed by atoms with Gasteiger partial charge in [-0.3, -0.25) is 10.5 Å². The first-order valence-electron chi connectivity index (χ1n) is 7.75. The fourth-order valence-electron chi connectivity index (χ4n) is 3.16. The van der Waals surface area contributed by atoms with Gasteiger partial charge in [0.05, 0.1) is 33.8 Å². The lowest BCUT2D eigenvalue weighted by Crippen LogP contribution is -2.30. The number of benzene rings is 1. The van der Waals surface area contributed by atoms with Gasteiger partial charge in [0.2, 0.25) is 11.8 Å². The van der Waals surface area contributed by atoms with Crippen molar-refractivity contribution in [2.24, 2.45) is 5.92 Å². The molecule has 4 rings (SSSR count). The summed E-state index contributed by atoms with van der Waals surface area (Å²) < 4.78 is 11.6. The molecule has 0 radical (unpaired) electrons. The lowest BCUT2D eigenvalue weighted by atomic mass is 9.79. The summed E-state index contributed by atoms with van der Waals surface area (Å²) in [5.74, 6) is -0.147. The number of aromatic nitrogens is 2. The third kappa shape index (κ3) is 2.60. The zero-order valence-corrected chi connectivity index (χ0v) is 16.0. The van der Waals surface area contributed by atoms with Gasteiger partial charge in [0, 0.05) is 5.92 Å². The van der Waals surface area contributed by atoms with Crippen LogP contribution in [0.2, 0.25) is 0 Å². The zero-order chi connectivity index (χ0) is 18.3. The third-order valence-electron chi connectivity index (χ3n) is 4.34. The van der Waals surface area contributed by atoms with Crippen molar-refractivity contribution in [3.8, 4) is 28.3 Å². The van der Waals surface area contributed by atoms with Gasteiger partial charge in [-0.15, -0.1) is 16.4 Å². The monoisotopic (exact) mass is 428 g/mol. The number of halogens is 1. The second-order valence-corrected chi connectivity index (χ2v) is 7.54. The Balaban J connectivity index is 1.93. The molecule has 0 amide bonds. The van der Waals surface area contributed by atoms with Crippen molar-refractivity contribution in [2.75, 3.05) is 7.11 Å². The average Bonchev–Trinajstić information content (AvgIpc) is 3.29. The molecule has 0 saturated heterocycles. The number of H-pyrrole nitrogens is 1. The first kappa shape index (κ1) is 16.8. The molecule has 3 aromatic rings. The van der Waals surface area contributed by atoms with Gasteiger partial charge in [0.15, 0.2) is 0 Å². The minimum absolute atomic E-state index is 0.0961. The van der Waals surface area contributed by atoms with Gasteiger partial charge < -0.3 is 9.47 Å². The highest BCUT2D eigenvalue weighted by molar-refractivity contribution is 9.10. The van der Waals surface area contributed by atoms with Crippen LogP contribution >= 0.6 is 27.3 Å². The SMILES string of the molecule is COc1ccc(C2c3c(n[nH]c3-c3cccs3)OC(=N)C2C#N)cc1Br. The van der Waals surface area contributed by atoms with Crippen molar-refractivity contribution in [3.63, 3.8) is 0 Å². The first-order valence-corrected chi connectivity index (χ1v) is 9.42. The number of thiophene rings is 1. The lowest BCUT2D eigenvalue weighted by molar-refractivity contribution is 0.411. The van der Waals surface area contributed by atoms with Crippen LogP contribution in [0.25, 0.3) is 10.6 Å². The molecule has 0 bridgehead atoms. The Bertz CT molecular complexity index is 1020. The second kappa shape index (κ2) is 6.59. The highest BCUT2D eigenvalue weighted by atomic mass is 79.9. The molecule has 3 heterocycles. The van der Waals surface area contributed by atoms with Gasteiger partial charge in [0.1, 0.15) is 11.7 Å². The molecule has 2 unspecified atom stereocenters. The van der Waals surface area contributed by atoms with Crippen molar-refractivity contribution in [1.82, 2.24) is 10.2 Å². The number of hydrogen-bond donors (Lipinski definition) is 2. The van der Waals surface area contributed by atoms with Crippen molar-refractivity contribution in [2.45, 2.75) is 5.92 Å². The van der Waals surface area contributed by atoms with E-state index in [-0.39, 0.29) is 11.8 Å². The van der Waals surface area contributed by atoms with Crippen LogP contribution in [-0.2, 0) is 0 Å². The van der Waals surface area contributed by atoms with Gasteiger partial charge in [-0.05, 0) is 45.1 Å². The number of nitrogens with zero attached hydrogens (tertiary/aromatic N) is 2. The fraction of sp³-hybridized carbons (Fsp3) is 0.167. The van der Waals surface area contributed by atoms with Crippen molar-refractivity contribution < 1.29 is 9.47 Å². The van der Waals surface area contributed by atoms with E-state index in [4.69, 9.17) is 14.9 Å². The van der Waals surface area contributed by atoms with E-state index < -0.39 is 5.92 Å². The van der Waals surface area contributed by atoms with Crippen molar-refractivity contribution in [1.29, 1.82) is 10.7 Å². The maximum atomic E-state index is 9.71. The van der Waals surface area contributed by atoms with Gasteiger partial charge in [-0.25, -0.2) is 0 Å². The van der Waals surface area contributed by atoms with E-state index in [1.165, 1.54) is 0 Å². The number of hydrogen-bond acceptors (Lipinski definition) is 6. The van der Waals surface area contributed by atoms with E-state index in [9.17, 15) is 5.26 Å². The molecule has 0 fully saturated rings. The van der Waals surface area contributed by atoms with Crippen LogP contribution in [0.4, 0.5) is 0 Å². The van der Waals surface area contributed by atoms with Gasteiger partial charge >= 0.3 is 0 Å². The molecule has 0 saturated carbocycles. The number of methoxy groups -OCH3 is 1.